The Kier molecular flexibility index (Phi) is 4.00. The Bertz CT molecular complexity index is 183. The molecule has 0 amide bonds. The van der Waals surface area contributed by atoms with Crippen LogP contribution in [0.25, 0.3) is 0 Å². The number of nitrogens with one attached hydrogen (secondary N) is 1. The van der Waals surface area contributed by atoms with Crippen LogP contribution in [-0.2, 0) is 0 Å². The Labute approximate surface area is 93.4 Å². The molecule has 15 heavy (non-hydrogen) atoms. The average Bonchev–Trinajstić information content (AvgIpc) is 3.04. The minimum Gasteiger partial charge on any atom is -0.328 e. The quantitative estimate of drug-likeness (QED) is 0.711. The summed E-state index contributed by atoms with van der Waals surface area (Å²) in [6, 6.07) is 2.10. The van der Waals surface area contributed by atoms with Gasteiger partial charge < -0.3 is 16.0 Å². The molecule has 2 aliphatic carbocycles. The van der Waals surface area contributed by atoms with Gasteiger partial charge in [0.1, 0.15) is 0 Å². The first-order valence-electron chi connectivity index (χ1n) is 6.45. The van der Waals surface area contributed by atoms with E-state index in [-0.39, 0.29) is 0 Å². The Hall–Kier alpha value is -0.120. The lowest BCUT2D eigenvalue weighted by molar-refractivity contribution is 0.292. The molecule has 2 saturated carbocycles. The van der Waals surface area contributed by atoms with Gasteiger partial charge in [0.2, 0.25) is 0 Å². The second-order valence-corrected chi connectivity index (χ2v) is 5.28. The molecule has 3 heteroatoms. The molecule has 0 unspecified atom stereocenters. The third-order valence-corrected chi connectivity index (χ3v) is 3.84. The molecule has 88 valence electrons. The molecule has 2 rings (SSSR count). The molecule has 0 radical (unpaired) electrons. The zero-order valence-corrected chi connectivity index (χ0v) is 9.91. The highest BCUT2D eigenvalue weighted by Gasteiger charge is 2.25. The summed E-state index contributed by atoms with van der Waals surface area (Å²) in [5, 5.41) is 3.66. The van der Waals surface area contributed by atoms with Gasteiger partial charge in [0, 0.05) is 31.2 Å². The van der Waals surface area contributed by atoms with Crippen molar-refractivity contribution < 1.29 is 0 Å². The van der Waals surface area contributed by atoms with Gasteiger partial charge in [0.15, 0.2) is 0 Å². The Morgan fingerprint density at radius 3 is 2.40 bits per heavy atom. The SMILES string of the molecule is CN(CCNC1CCC(N)CC1)C1CC1. The maximum absolute atomic E-state index is 5.89. The highest BCUT2D eigenvalue weighted by molar-refractivity contribution is 4.83. The van der Waals surface area contributed by atoms with Crippen molar-refractivity contribution in [1.82, 2.24) is 10.2 Å². The number of nitrogens with zero attached hydrogens (tertiary/aromatic N) is 1. The van der Waals surface area contributed by atoms with Gasteiger partial charge in [-0.1, -0.05) is 0 Å². The fraction of sp³-hybridized carbons (Fsp3) is 1.00. The van der Waals surface area contributed by atoms with E-state index in [1.165, 1.54) is 45.1 Å². The third-order valence-electron chi connectivity index (χ3n) is 3.84. The molecule has 0 bridgehead atoms. The van der Waals surface area contributed by atoms with Gasteiger partial charge in [-0.15, -0.1) is 0 Å². The smallest absolute Gasteiger partial charge is 0.0107 e. The van der Waals surface area contributed by atoms with Crippen molar-refractivity contribution in [3.05, 3.63) is 0 Å². The third kappa shape index (κ3) is 3.74. The summed E-state index contributed by atoms with van der Waals surface area (Å²) in [6.07, 6.45) is 7.78. The molecule has 0 aliphatic heterocycles. The van der Waals surface area contributed by atoms with Crippen molar-refractivity contribution in [2.75, 3.05) is 20.1 Å². The van der Waals surface area contributed by atoms with Gasteiger partial charge in [0.25, 0.3) is 0 Å². The normalized spacial score (nSPS) is 32.2. The lowest BCUT2D eigenvalue weighted by Gasteiger charge is -2.27. The van der Waals surface area contributed by atoms with E-state index in [1.807, 2.05) is 0 Å². The molecule has 0 saturated heterocycles. The number of hydrogen-bond donors (Lipinski definition) is 2. The first kappa shape index (κ1) is 11.4. The van der Waals surface area contributed by atoms with E-state index in [1.54, 1.807) is 0 Å². The van der Waals surface area contributed by atoms with Crippen molar-refractivity contribution in [2.24, 2.45) is 5.73 Å². The van der Waals surface area contributed by atoms with Crippen molar-refractivity contribution in [1.29, 1.82) is 0 Å². The van der Waals surface area contributed by atoms with E-state index < -0.39 is 0 Å². The van der Waals surface area contributed by atoms with E-state index in [9.17, 15) is 0 Å². The summed E-state index contributed by atoms with van der Waals surface area (Å²) in [5.74, 6) is 0. The predicted octanol–water partition coefficient (Wildman–Crippen LogP) is 0.940. The van der Waals surface area contributed by atoms with E-state index in [0.29, 0.717) is 6.04 Å². The molecule has 0 atom stereocenters. The van der Waals surface area contributed by atoms with Crippen LogP contribution in [0.2, 0.25) is 0 Å². The molecule has 0 aromatic carbocycles. The molecule has 0 aromatic heterocycles. The minimum atomic E-state index is 0.470. The second-order valence-electron chi connectivity index (χ2n) is 5.28. The van der Waals surface area contributed by atoms with Crippen LogP contribution in [0, 0.1) is 0 Å². The Morgan fingerprint density at radius 2 is 1.80 bits per heavy atom. The second kappa shape index (κ2) is 5.28. The maximum Gasteiger partial charge on any atom is 0.0107 e. The zero-order chi connectivity index (χ0) is 10.7. The van der Waals surface area contributed by atoms with Crippen LogP contribution in [0.3, 0.4) is 0 Å². The first-order chi connectivity index (χ1) is 7.25. The van der Waals surface area contributed by atoms with Crippen LogP contribution in [-0.4, -0.2) is 43.2 Å². The van der Waals surface area contributed by atoms with Crippen LogP contribution in [0.1, 0.15) is 38.5 Å². The number of nitrogens with two attached hydrogens (primary N) is 1. The topological polar surface area (TPSA) is 41.3 Å². The molecule has 0 heterocycles. The lowest BCUT2D eigenvalue weighted by atomic mass is 9.92. The van der Waals surface area contributed by atoms with Gasteiger partial charge in [0.05, 0.1) is 0 Å². The summed E-state index contributed by atoms with van der Waals surface area (Å²) in [7, 11) is 2.25. The van der Waals surface area contributed by atoms with E-state index in [4.69, 9.17) is 5.73 Å². The highest BCUT2D eigenvalue weighted by atomic mass is 15.2. The standard InChI is InChI=1S/C12H25N3/c1-15(12-6-7-12)9-8-14-11-4-2-10(13)3-5-11/h10-12,14H,2-9,13H2,1H3. The Balaban J connectivity index is 1.53. The fourth-order valence-electron chi connectivity index (χ4n) is 2.47. The van der Waals surface area contributed by atoms with Crippen molar-refractivity contribution in [3.8, 4) is 0 Å². The van der Waals surface area contributed by atoms with Gasteiger partial charge in [-0.05, 0) is 45.6 Å². The molecule has 0 aromatic rings. The molecule has 0 spiro atoms. The van der Waals surface area contributed by atoms with Gasteiger partial charge >= 0.3 is 0 Å². The lowest BCUT2D eigenvalue weighted by Crippen LogP contribution is -2.40. The predicted molar refractivity (Wildman–Crippen MR) is 63.9 cm³/mol. The highest BCUT2D eigenvalue weighted by Crippen LogP contribution is 2.24. The van der Waals surface area contributed by atoms with Gasteiger partial charge in [-0.3, -0.25) is 0 Å². The first-order valence-corrected chi connectivity index (χ1v) is 6.45. The zero-order valence-electron chi connectivity index (χ0n) is 9.91. The van der Waals surface area contributed by atoms with Crippen LogP contribution < -0.4 is 11.1 Å². The van der Waals surface area contributed by atoms with Gasteiger partial charge in [-0.25, -0.2) is 0 Å². The van der Waals surface area contributed by atoms with E-state index >= 15 is 0 Å². The minimum absolute atomic E-state index is 0.470. The maximum atomic E-state index is 5.89. The number of rotatable bonds is 5. The number of hydrogen-bond acceptors (Lipinski definition) is 3. The number of likely N-dealkylation sites (N-methyl/N-ethyl adjacent to an activating group) is 1. The van der Waals surface area contributed by atoms with Crippen molar-refractivity contribution in [3.63, 3.8) is 0 Å². The summed E-state index contributed by atoms with van der Waals surface area (Å²) in [4.78, 5) is 2.49. The van der Waals surface area contributed by atoms with Crippen LogP contribution in [0.5, 0.6) is 0 Å². The molecular weight excluding hydrogens is 186 g/mol. The van der Waals surface area contributed by atoms with Crippen LogP contribution in [0.15, 0.2) is 0 Å². The van der Waals surface area contributed by atoms with E-state index in [0.717, 1.165) is 18.6 Å². The summed E-state index contributed by atoms with van der Waals surface area (Å²) in [6.45, 7) is 2.35. The average molecular weight is 211 g/mol. The van der Waals surface area contributed by atoms with Gasteiger partial charge in [-0.2, -0.15) is 0 Å². The van der Waals surface area contributed by atoms with E-state index in [2.05, 4.69) is 17.3 Å². The monoisotopic (exact) mass is 211 g/mol. The van der Waals surface area contributed by atoms with Crippen LogP contribution in [0.4, 0.5) is 0 Å². The van der Waals surface area contributed by atoms with Crippen molar-refractivity contribution in [2.45, 2.75) is 56.7 Å². The summed E-state index contributed by atoms with van der Waals surface area (Å²) in [5.41, 5.74) is 5.89. The molecule has 3 N–H and O–H groups in total. The molecule has 2 fully saturated rings. The molecular formula is C12H25N3. The summed E-state index contributed by atoms with van der Waals surface area (Å²) < 4.78 is 0. The summed E-state index contributed by atoms with van der Waals surface area (Å²) >= 11 is 0. The van der Waals surface area contributed by atoms with Crippen molar-refractivity contribution >= 4 is 0 Å². The molecule has 2 aliphatic rings. The Morgan fingerprint density at radius 1 is 1.13 bits per heavy atom. The molecule has 3 nitrogen and oxygen atoms in total. The largest absolute Gasteiger partial charge is 0.328 e. The fourth-order valence-corrected chi connectivity index (χ4v) is 2.47. The van der Waals surface area contributed by atoms with Crippen LogP contribution >= 0.6 is 0 Å².